The lowest BCUT2D eigenvalue weighted by atomic mass is 10.2. The molecule has 0 atom stereocenters. The maximum absolute atomic E-state index is 13.0. The van der Waals surface area contributed by atoms with E-state index in [4.69, 9.17) is 9.47 Å². The summed E-state index contributed by atoms with van der Waals surface area (Å²) in [7, 11) is -2.34. The van der Waals surface area contributed by atoms with Gasteiger partial charge in [-0.25, -0.2) is 13.2 Å². The zero-order valence-corrected chi connectivity index (χ0v) is 15.5. The first-order valence-electron chi connectivity index (χ1n) is 8.02. The molecule has 0 saturated carbocycles. The minimum atomic E-state index is -3.85. The summed E-state index contributed by atoms with van der Waals surface area (Å²) in [6.07, 6.45) is 2.33. The van der Waals surface area contributed by atoms with Gasteiger partial charge in [0.2, 0.25) is 0 Å². The minimum absolute atomic E-state index is 0.0884. The molecular weight excluding hydrogens is 354 g/mol. The summed E-state index contributed by atoms with van der Waals surface area (Å²) >= 11 is 0. The molecule has 26 heavy (non-hydrogen) atoms. The van der Waals surface area contributed by atoms with Gasteiger partial charge in [0.05, 0.1) is 25.2 Å². The Morgan fingerprint density at radius 3 is 2.31 bits per heavy atom. The lowest BCUT2D eigenvalue weighted by molar-refractivity contribution is -0.137. The lowest BCUT2D eigenvalue weighted by Gasteiger charge is -2.20. The van der Waals surface area contributed by atoms with Gasteiger partial charge in [0, 0.05) is 12.3 Å². The van der Waals surface area contributed by atoms with E-state index in [1.165, 1.54) is 25.4 Å². The highest BCUT2D eigenvalue weighted by molar-refractivity contribution is 7.89. The highest BCUT2D eigenvalue weighted by atomic mass is 32.2. The fourth-order valence-electron chi connectivity index (χ4n) is 2.20. The molecule has 0 aliphatic heterocycles. The number of carbonyl (C=O) groups is 1. The van der Waals surface area contributed by atoms with Gasteiger partial charge in [0.1, 0.15) is 5.75 Å². The second-order valence-corrected chi connectivity index (χ2v) is 7.17. The Bertz CT molecular complexity index is 845. The minimum Gasteiger partial charge on any atom is -0.497 e. The molecule has 6 nitrogen and oxygen atoms in total. The van der Waals surface area contributed by atoms with E-state index in [9.17, 15) is 13.2 Å². The van der Waals surface area contributed by atoms with Gasteiger partial charge in [-0.3, -0.25) is 4.31 Å². The Balaban J connectivity index is 2.35. The van der Waals surface area contributed by atoms with Gasteiger partial charge in [-0.2, -0.15) is 0 Å². The average molecular weight is 375 g/mol. The van der Waals surface area contributed by atoms with E-state index in [2.05, 4.69) is 0 Å². The quantitative estimate of drug-likeness (QED) is 0.524. The fourth-order valence-corrected chi connectivity index (χ4v) is 3.49. The molecule has 0 saturated heterocycles. The van der Waals surface area contributed by atoms with Gasteiger partial charge in [-0.15, -0.1) is 0 Å². The number of benzene rings is 2. The van der Waals surface area contributed by atoms with Gasteiger partial charge < -0.3 is 9.47 Å². The molecule has 0 fully saturated rings. The van der Waals surface area contributed by atoms with Crippen molar-refractivity contribution in [2.75, 3.05) is 13.7 Å². The zero-order valence-electron chi connectivity index (χ0n) is 14.7. The summed E-state index contributed by atoms with van der Waals surface area (Å²) in [5, 5.41) is 0. The molecule has 0 aliphatic carbocycles. The van der Waals surface area contributed by atoms with Crippen LogP contribution in [-0.4, -0.2) is 32.4 Å². The van der Waals surface area contributed by atoms with E-state index >= 15 is 0 Å². The van der Waals surface area contributed by atoms with Crippen LogP contribution in [0.1, 0.15) is 12.5 Å². The van der Waals surface area contributed by atoms with Crippen LogP contribution in [0, 0.1) is 0 Å². The van der Waals surface area contributed by atoms with E-state index in [0.717, 1.165) is 15.9 Å². The van der Waals surface area contributed by atoms with Gasteiger partial charge in [0.15, 0.2) is 0 Å². The monoisotopic (exact) mass is 375 g/mol. The molecule has 0 bridgehead atoms. The topological polar surface area (TPSA) is 72.9 Å². The van der Waals surface area contributed by atoms with Gasteiger partial charge >= 0.3 is 5.97 Å². The van der Waals surface area contributed by atoms with E-state index in [1.54, 1.807) is 19.1 Å². The molecule has 0 spiro atoms. The second-order valence-electron chi connectivity index (χ2n) is 5.28. The Morgan fingerprint density at radius 2 is 1.73 bits per heavy atom. The van der Waals surface area contributed by atoms with Crippen molar-refractivity contribution in [3.63, 3.8) is 0 Å². The molecule has 0 aromatic heterocycles. The van der Waals surface area contributed by atoms with Crippen molar-refractivity contribution in [1.29, 1.82) is 0 Å². The molecular formula is C19H21NO5S. The first-order valence-corrected chi connectivity index (χ1v) is 9.46. The number of carbonyl (C=O) groups excluding carboxylic acids is 1. The highest BCUT2D eigenvalue weighted by Gasteiger charge is 2.22. The fraction of sp³-hybridized carbons (Fsp3) is 0.211. The van der Waals surface area contributed by atoms with Crippen molar-refractivity contribution in [3.05, 3.63) is 72.4 Å². The van der Waals surface area contributed by atoms with Crippen LogP contribution in [0.3, 0.4) is 0 Å². The van der Waals surface area contributed by atoms with Crippen molar-refractivity contribution < 1.29 is 22.7 Å². The van der Waals surface area contributed by atoms with Crippen molar-refractivity contribution in [2.24, 2.45) is 0 Å². The summed E-state index contributed by atoms with van der Waals surface area (Å²) in [6.45, 7) is 1.99. The molecule has 0 amide bonds. The predicted octanol–water partition coefficient (Wildman–Crippen LogP) is 2.96. The first-order chi connectivity index (χ1) is 12.5. The number of hydrogen-bond donors (Lipinski definition) is 0. The maximum Gasteiger partial charge on any atom is 0.332 e. The van der Waals surface area contributed by atoms with Crippen molar-refractivity contribution in [1.82, 2.24) is 4.31 Å². The van der Waals surface area contributed by atoms with Crippen LogP contribution in [-0.2, 0) is 26.1 Å². The van der Waals surface area contributed by atoms with Crippen molar-refractivity contribution in [2.45, 2.75) is 18.4 Å². The van der Waals surface area contributed by atoms with Crippen LogP contribution in [0.15, 0.2) is 71.8 Å². The number of ether oxygens (including phenoxy) is 2. The molecule has 0 N–H and O–H groups in total. The third-order valence-corrected chi connectivity index (χ3v) is 5.25. The molecule has 2 rings (SSSR count). The van der Waals surface area contributed by atoms with E-state index in [0.29, 0.717) is 5.75 Å². The number of nitrogens with zero attached hydrogens (tertiary/aromatic N) is 1. The van der Waals surface area contributed by atoms with Crippen LogP contribution in [0.4, 0.5) is 0 Å². The number of methoxy groups -OCH3 is 1. The summed E-state index contributed by atoms with van der Waals surface area (Å²) in [5.74, 6) is -0.0453. The van der Waals surface area contributed by atoms with Gasteiger partial charge in [-0.1, -0.05) is 30.3 Å². The summed E-state index contributed by atoms with van der Waals surface area (Å²) in [5.41, 5.74) is 0.790. The normalized spacial score (nSPS) is 11.3. The summed E-state index contributed by atoms with van der Waals surface area (Å²) in [6, 6.07) is 15.2. The van der Waals surface area contributed by atoms with Crippen molar-refractivity contribution in [3.8, 4) is 5.75 Å². The number of esters is 1. The Hall–Kier alpha value is -2.80. The largest absolute Gasteiger partial charge is 0.497 e. The van der Waals surface area contributed by atoms with Crippen LogP contribution in [0.25, 0.3) is 0 Å². The third-order valence-electron chi connectivity index (χ3n) is 3.51. The summed E-state index contributed by atoms with van der Waals surface area (Å²) in [4.78, 5) is 11.7. The van der Waals surface area contributed by atoms with Gasteiger partial charge in [0.25, 0.3) is 10.0 Å². The Labute approximate surface area is 153 Å². The molecule has 7 heteroatoms. The molecule has 0 aliphatic rings. The molecule has 0 radical (unpaired) electrons. The van der Waals surface area contributed by atoms with Crippen LogP contribution < -0.4 is 4.74 Å². The number of hydrogen-bond acceptors (Lipinski definition) is 5. The molecule has 138 valence electrons. The Kier molecular flexibility index (Phi) is 6.80. The van der Waals surface area contributed by atoms with Crippen LogP contribution in [0.5, 0.6) is 5.75 Å². The molecule has 0 unspecified atom stereocenters. The van der Waals surface area contributed by atoms with E-state index in [1.807, 2.05) is 30.3 Å². The Morgan fingerprint density at radius 1 is 1.08 bits per heavy atom. The third kappa shape index (κ3) is 5.10. The molecule has 2 aromatic rings. The highest BCUT2D eigenvalue weighted by Crippen LogP contribution is 2.21. The SMILES string of the molecule is CCOC(=O)/C=C/N(Cc1ccccc1)S(=O)(=O)c1ccc(OC)cc1. The van der Waals surface area contributed by atoms with Gasteiger partial charge in [-0.05, 0) is 36.8 Å². The van der Waals surface area contributed by atoms with E-state index < -0.39 is 16.0 Å². The summed E-state index contributed by atoms with van der Waals surface area (Å²) < 4.78 is 37.0. The first kappa shape index (κ1) is 19.5. The van der Waals surface area contributed by atoms with Crippen LogP contribution >= 0.6 is 0 Å². The van der Waals surface area contributed by atoms with E-state index in [-0.39, 0.29) is 18.0 Å². The smallest absolute Gasteiger partial charge is 0.332 e. The second kappa shape index (κ2) is 9.05. The molecule has 2 aromatic carbocycles. The van der Waals surface area contributed by atoms with Crippen LogP contribution in [0.2, 0.25) is 0 Å². The molecule has 0 heterocycles. The van der Waals surface area contributed by atoms with Crippen molar-refractivity contribution >= 4 is 16.0 Å². The average Bonchev–Trinajstić information content (AvgIpc) is 2.66. The number of rotatable bonds is 8. The lowest BCUT2D eigenvalue weighted by Crippen LogP contribution is -2.26. The number of sulfonamides is 1. The zero-order chi connectivity index (χ0) is 19.0. The maximum atomic E-state index is 13.0. The standard InChI is InChI=1S/C19H21NO5S/c1-3-25-19(21)13-14-20(15-16-7-5-4-6-8-16)26(22,23)18-11-9-17(24-2)10-12-18/h4-14H,3,15H2,1-2H3/b14-13+. The predicted molar refractivity (Wildman–Crippen MR) is 97.9 cm³/mol.